The van der Waals surface area contributed by atoms with Crippen molar-refractivity contribution in [2.45, 2.75) is 43.0 Å². The Hall–Kier alpha value is -3.02. The molecule has 1 N–H and O–H groups in total. The van der Waals surface area contributed by atoms with Gasteiger partial charge in [-0.3, -0.25) is 9.52 Å². The first kappa shape index (κ1) is 25.6. The SMILES string of the molecule is Cc1cc([C@@H](C)n2cc(C3CCCN3C(=O)c3cccc(NS(=O)(=O)c4cccs4)c3)nn2)ccc1Br. The number of amides is 1. The number of sulfonamides is 1. The van der Waals surface area contributed by atoms with Crippen LogP contribution in [0.15, 0.2) is 74.9 Å². The summed E-state index contributed by atoms with van der Waals surface area (Å²) in [6, 6.07) is 15.9. The number of likely N-dealkylation sites (tertiary alicyclic amines) is 1. The molecule has 11 heteroatoms. The second-order valence-corrected chi connectivity index (χ2v) is 12.8. The van der Waals surface area contributed by atoms with Gasteiger partial charge in [-0.2, -0.15) is 0 Å². The molecule has 0 aliphatic carbocycles. The number of thiophene rings is 1. The molecule has 3 heterocycles. The van der Waals surface area contributed by atoms with Gasteiger partial charge < -0.3 is 4.90 Å². The van der Waals surface area contributed by atoms with E-state index < -0.39 is 10.0 Å². The van der Waals surface area contributed by atoms with E-state index in [4.69, 9.17) is 0 Å². The Labute approximate surface area is 228 Å². The number of nitrogens with zero attached hydrogens (tertiary/aromatic N) is 4. The number of nitrogens with one attached hydrogen (secondary N) is 1. The van der Waals surface area contributed by atoms with Crippen molar-refractivity contribution in [3.63, 3.8) is 0 Å². The fourth-order valence-corrected chi connectivity index (χ4v) is 6.82. The maximum absolute atomic E-state index is 13.5. The lowest BCUT2D eigenvalue weighted by Crippen LogP contribution is -2.30. The van der Waals surface area contributed by atoms with E-state index in [1.54, 1.807) is 46.7 Å². The third-order valence-electron chi connectivity index (χ3n) is 6.57. The van der Waals surface area contributed by atoms with Crippen molar-refractivity contribution >= 4 is 48.9 Å². The van der Waals surface area contributed by atoms with Gasteiger partial charge in [0.15, 0.2) is 0 Å². The van der Waals surface area contributed by atoms with Gasteiger partial charge in [-0.15, -0.1) is 16.4 Å². The molecule has 1 saturated heterocycles. The number of carbonyl (C=O) groups is 1. The van der Waals surface area contributed by atoms with Gasteiger partial charge in [0.1, 0.15) is 9.90 Å². The highest BCUT2D eigenvalue weighted by molar-refractivity contribution is 9.10. The summed E-state index contributed by atoms with van der Waals surface area (Å²) in [5.74, 6) is -0.161. The number of aryl methyl sites for hydroxylation is 1. The van der Waals surface area contributed by atoms with Gasteiger partial charge in [0.05, 0.1) is 18.3 Å². The summed E-state index contributed by atoms with van der Waals surface area (Å²) >= 11 is 4.68. The quantitative estimate of drug-likeness (QED) is 0.289. The van der Waals surface area contributed by atoms with Gasteiger partial charge in [-0.25, -0.2) is 13.1 Å². The standard InChI is InChI=1S/C26H26BrN5O3S2/c1-17-14-19(10-11-22(17)27)18(2)32-16-23(28-30-32)24-8-4-12-31(24)26(33)20-6-3-7-21(15-20)29-37(34,35)25-9-5-13-36-25/h3,5-7,9-11,13-16,18,24,29H,4,8,12H2,1-2H3/t18-,24?/m1/s1. The van der Waals surface area contributed by atoms with Gasteiger partial charge in [0.25, 0.3) is 15.9 Å². The minimum atomic E-state index is -3.70. The highest BCUT2D eigenvalue weighted by Crippen LogP contribution is 2.33. The Morgan fingerprint density at radius 1 is 1.19 bits per heavy atom. The molecule has 1 aliphatic heterocycles. The summed E-state index contributed by atoms with van der Waals surface area (Å²) in [4.78, 5) is 15.3. The van der Waals surface area contributed by atoms with E-state index in [1.165, 1.54) is 0 Å². The van der Waals surface area contributed by atoms with Crippen molar-refractivity contribution in [1.82, 2.24) is 19.9 Å². The first-order valence-corrected chi connectivity index (χ1v) is 15.0. The van der Waals surface area contributed by atoms with E-state index in [-0.39, 0.29) is 22.2 Å². The van der Waals surface area contributed by atoms with Crippen LogP contribution in [0.5, 0.6) is 0 Å². The van der Waals surface area contributed by atoms with Crippen LogP contribution in [0.2, 0.25) is 0 Å². The molecule has 1 fully saturated rings. The summed E-state index contributed by atoms with van der Waals surface area (Å²) in [5, 5.41) is 10.5. The zero-order chi connectivity index (χ0) is 26.2. The van der Waals surface area contributed by atoms with Crippen molar-refractivity contribution in [3.05, 3.63) is 93.0 Å². The number of rotatable bonds is 7. The first-order chi connectivity index (χ1) is 17.7. The number of aromatic nitrogens is 3. The van der Waals surface area contributed by atoms with Crippen molar-refractivity contribution in [1.29, 1.82) is 0 Å². The summed E-state index contributed by atoms with van der Waals surface area (Å²) < 4.78 is 30.9. The molecule has 4 aromatic rings. The molecular weight excluding hydrogens is 574 g/mol. The smallest absolute Gasteiger partial charge is 0.271 e. The van der Waals surface area contributed by atoms with Crippen LogP contribution in [-0.2, 0) is 10.0 Å². The number of anilines is 1. The Morgan fingerprint density at radius 2 is 2.03 bits per heavy atom. The summed E-state index contributed by atoms with van der Waals surface area (Å²) in [7, 11) is -3.70. The summed E-state index contributed by atoms with van der Waals surface area (Å²) in [6.07, 6.45) is 3.57. The zero-order valence-corrected chi connectivity index (χ0v) is 23.6. The van der Waals surface area contributed by atoms with E-state index in [0.717, 1.165) is 45.5 Å². The Morgan fingerprint density at radius 3 is 2.78 bits per heavy atom. The van der Waals surface area contributed by atoms with Crippen LogP contribution in [-0.4, -0.2) is 40.8 Å². The number of benzene rings is 2. The number of carbonyl (C=O) groups excluding carboxylic acids is 1. The average Bonchev–Trinajstić information content (AvgIpc) is 3.66. The van der Waals surface area contributed by atoms with Crippen LogP contribution in [0, 0.1) is 6.92 Å². The highest BCUT2D eigenvalue weighted by Gasteiger charge is 2.33. The Kier molecular flexibility index (Phi) is 7.19. The molecule has 8 nitrogen and oxygen atoms in total. The van der Waals surface area contributed by atoms with E-state index in [0.29, 0.717) is 17.8 Å². The molecule has 192 valence electrons. The molecule has 1 aliphatic rings. The van der Waals surface area contributed by atoms with Crippen LogP contribution < -0.4 is 4.72 Å². The van der Waals surface area contributed by atoms with Crippen LogP contribution in [0.4, 0.5) is 5.69 Å². The molecule has 2 aromatic carbocycles. The molecule has 0 spiro atoms. The Balaban J connectivity index is 1.34. The molecule has 0 saturated carbocycles. The highest BCUT2D eigenvalue weighted by atomic mass is 79.9. The van der Waals surface area contributed by atoms with Crippen molar-refractivity contribution in [2.24, 2.45) is 0 Å². The molecule has 5 rings (SSSR count). The van der Waals surface area contributed by atoms with Gasteiger partial charge in [0, 0.05) is 22.3 Å². The topological polar surface area (TPSA) is 97.2 Å². The predicted octanol–water partition coefficient (Wildman–Crippen LogP) is 5.80. The third kappa shape index (κ3) is 5.34. The number of hydrogen-bond acceptors (Lipinski definition) is 6. The van der Waals surface area contributed by atoms with E-state index >= 15 is 0 Å². The second-order valence-electron chi connectivity index (χ2n) is 9.08. The van der Waals surface area contributed by atoms with E-state index in [1.807, 2.05) is 16.9 Å². The lowest BCUT2D eigenvalue weighted by atomic mass is 10.1. The first-order valence-electron chi connectivity index (χ1n) is 11.9. The zero-order valence-electron chi connectivity index (χ0n) is 20.3. The lowest BCUT2D eigenvalue weighted by molar-refractivity contribution is 0.0733. The summed E-state index contributed by atoms with van der Waals surface area (Å²) in [6.45, 7) is 4.72. The van der Waals surface area contributed by atoms with E-state index in [2.05, 4.69) is 56.9 Å². The van der Waals surface area contributed by atoms with Crippen LogP contribution in [0.3, 0.4) is 0 Å². The molecule has 0 bridgehead atoms. The second kappa shape index (κ2) is 10.4. The monoisotopic (exact) mass is 599 g/mol. The van der Waals surface area contributed by atoms with E-state index in [9.17, 15) is 13.2 Å². The van der Waals surface area contributed by atoms with Crippen LogP contribution in [0.25, 0.3) is 0 Å². The molecule has 1 unspecified atom stereocenters. The average molecular weight is 601 g/mol. The van der Waals surface area contributed by atoms with Gasteiger partial charge >= 0.3 is 0 Å². The van der Waals surface area contributed by atoms with Crippen molar-refractivity contribution in [2.75, 3.05) is 11.3 Å². The molecule has 0 radical (unpaired) electrons. The fraction of sp³-hybridized carbons (Fsp3) is 0.269. The van der Waals surface area contributed by atoms with Gasteiger partial charge in [-0.1, -0.05) is 45.4 Å². The molecule has 1 amide bonds. The normalized spacial score (nSPS) is 16.6. The van der Waals surface area contributed by atoms with Crippen LogP contribution >= 0.6 is 27.3 Å². The maximum Gasteiger partial charge on any atom is 0.271 e. The van der Waals surface area contributed by atoms with Gasteiger partial charge in [0.2, 0.25) is 0 Å². The largest absolute Gasteiger partial charge is 0.330 e. The predicted molar refractivity (Wildman–Crippen MR) is 147 cm³/mol. The number of hydrogen-bond donors (Lipinski definition) is 1. The molecule has 37 heavy (non-hydrogen) atoms. The summed E-state index contributed by atoms with van der Waals surface area (Å²) in [5.41, 5.74) is 3.79. The Bertz CT molecular complexity index is 1540. The fourth-order valence-electron chi connectivity index (χ4n) is 4.53. The van der Waals surface area contributed by atoms with Crippen molar-refractivity contribution in [3.8, 4) is 0 Å². The maximum atomic E-state index is 13.5. The molecule has 2 atom stereocenters. The minimum absolute atomic E-state index is 0.00773. The van der Waals surface area contributed by atoms with Crippen molar-refractivity contribution < 1.29 is 13.2 Å². The minimum Gasteiger partial charge on any atom is -0.330 e. The van der Waals surface area contributed by atoms with Crippen LogP contribution in [0.1, 0.15) is 59.0 Å². The van der Waals surface area contributed by atoms with Gasteiger partial charge in [-0.05, 0) is 73.5 Å². The molecule has 2 aromatic heterocycles. The molecular formula is C26H26BrN5O3S2. The number of halogens is 1. The lowest BCUT2D eigenvalue weighted by Gasteiger charge is -2.23. The third-order valence-corrected chi connectivity index (χ3v) is 10.2.